The second-order valence-corrected chi connectivity index (χ2v) is 5.67. The van der Waals surface area contributed by atoms with E-state index < -0.39 is 5.63 Å². The summed E-state index contributed by atoms with van der Waals surface area (Å²) in [5.41, 5.74) is 0.663. The highest BCUT2D eigenvalue weighted by Crippen LogP contribution is 2.34. The molecule has 3 rings (SSSR count). The van der Waals surface area contributed by atoms with Crippen LogP contribution in [0.5, 0.6) is 11.5 Å². The van der Waals surface area contributed by atoms with Gasteiger partial charge in [0.15, 0.2) is 11.5 Å². The smallest absolute Gasteiger partial charge is 0.343 e. The third kappa shape index (κ3) is 3.39. The highest BCUT2D eigenvalue weighted by Gasteiger charge is 2.18. The lowest BCUT2D eigenvalue weighted by Crippen LogP contribution is -2.05. The van der Waals surface area contributed by atoms with Crippen LogP contribution in [0.15, 0.2) is 37.9 Å². The van der Waals surface area contributed by atoms with Gasteiger partial charge in [-0.1, -0.05) is 0 Å². The van der Waals surface area contributed by atoms with Gasteiger partial charge in [0.2, 0.25) is 0 Å². The summed E-state index contributed by atoms with van der Waals surface area (Å²) in [6, 6.07) is 7.23. The molecule has 1 aromatic carbocycles. The molecule has 3 aromatic rings. The van der Waals surface area contributed by atoms with Crippen LogP contribution in [-0.2, 0) is 4.74 Å². The average molecular weight is 344 g/mol. The first kappa shape index (κ1) is 17.1. The van der Waals surface area contributed by atoms with E-state index >= 15 is 0 Å². The third-order valence-electron chi connectivity index (χ3n) is 3.97. The molecule has 0 fully saturated rings. The van der Waals surface area contributed by atoms with E-state index in [1.54, 1.807) is 19.1 Å². The van der Waals surface area contributed by atoms with E-state index in [1.165, 1.54) is 6.92 Å². The van der Waals surface area contributed by atoms with Gasteiger partial charge in [-0.25, -0.2) is 4.79 Å². The largest absolute Gasteiger partial charge is 0.507 e. The second-order valence-electron chi connectivity index (χ2n) is 5.67. The first-order chi connectivity index (χ1) is 12.0. The SMILES string of the molecule is CCOCCOc1ccc2cc(-c3oc(=O)c(C)c(O)c3C)oc2c1. The highest BCUT2D eigenvalue weighted by molar-refractivity contribution is 5.83. The lowest BCUT2D eigenvalue weighted by molar-refractivity contribution is 0.110. The minimum absolute atomic E-state index is 0.0772. The number of hydrogen-bond acceptors (Lipinski definition) is 6. The van der Waals surface area contributed by atoms with Crippen molar-refractivity contribution in [2.45, 2.75) is 20.8 Å². The van der Waals surface area contributed by atoms with Crippen LogP contribution >= 0.6 is 0 Å². The maximum Gasteiger partial charge on any atom is 0.343 e. The number of furan rings is 1. The Kier molecular flexibility index (Phi) is 4.81. The van der Waals surface area contributed by atoms with Crippen molar-refractivity contribution < 1.29 is 23.4 Å². The number of hydrogen-bond donors (Lipinski definition) is 1. The number of benzene rings is 1. The molecule has 0 saturated carbocycles. The van der Waals surface area contributed by atoms with E-state index in [9.17, 15) is 9.90 Å². The van der Waals surface area contributed by atoms with Crippen LogP contribution < -0.4 is 10.4 Å². The Balaban J connectivity index is 1.93. The van der Waals surface area contributed by atoms with Crippen molar-refractivity contribution in [1.82, 2.24) is 0 Å². The number of fused-ring (bicyclic) bond motifs is 1. The number of ether oxygens (including phenoxy) is 2. The van der Waals surface area contributed by atoms with Gasteiger partial charge in [0, 0.05) is 23.6 Å². The Morgan fingerprint density at radius 1 is 1.08 bits per heavy atom. The van der Waals surface area contributed by atoms with E-state index in [4.69, 9.17) is 18.3 Å². The molecule has 6 heteroatoms. The zero-order valence-corrected chi connectivity index (χ0v) is 14.4. The van der Waals surface area contributed by atoms with Crippen LogP contribution in [0.3, 0.4) is 0 Å². The summed E-state index contributed by atoms with van der Waals surface area (Å²) < 4.78 is 21.9. The Bertz CT molecular complexity index is 950. The third-order valence-corrected chi connectivity index (χ3v) is 3.97. The first-order valence-corrected chi connectivity index (χ1v) is 8.09. The molecule has 0 unspecified atom stereocenters. The summed E-state index contributed by atoms with van der Waals surface area (Å²) >= 11 is 0. The number of aromatic hydroxyl groups is 1. The van der Waals surface area contributed by atoms with Crippen molar-refractivity contribution in [2.75, 3.05) is 19.8 Å². The molecule has 1 N–H and O–H groups in total. The fourth-order valence-electron chi connectivity index (χ4n) is 2.54. The van der Waals surface area contributed by atoms with E-state index in [0.29, 0.717) is 42.5 Å². The van der Waals surface area contributed by atoms with Gasteiger partial charge in [0.1, 0.15) is 23.7 Å². The molecule has 0 aliphatic rings. The predicted molar refractivity (Wildman–Crippen MR) is 93.3 cm³/mol. The maximum atomic E-state index is 11.8. The summed E-state index contributed by atoms with van der Waals surface area (Å²) in [4.78, 5) is 11.8. The van der Waals surface area contributed by atoms with Crippen molar-refractivity contribution in [3.63, 3.8) is 0 Å². The van der Waals surface area contributed by atoms with Gasteiger partial charge in [-0.05, 0) is 39.0 Å². The Morgan fingerprint density at radius 2 is 1.88 bits per heavy atom. The molecule has 2 heterocycles. The Hall–Kier alpha value is -2.73. The Morgan fingerprint density at radius 3 is 2.64 bits per heavy atom. The molecule has 6 nitrogen and oxygen atoms in total. The van der Waals surface area contributed by atoms with Gasteiger partial charge in [0.25, 0.3) is 0 Å². The van der Waals surface area contributed by atoms with Gasteiger partial charge in [-0.3, -0.25) is 0 Å². The summed E-state index contributed by atoms with van der Waals surface area (Å²) in [5.74, 6) is 1.19. The number of rotatable bonds is 6. The van der Waals surface area contributed by atoms with Gasteiger partial charge in [-0.15, -0.1) is 0 Å². The summed E-state index contributed by atoms with van der Waals surface area (Å²) in [6.45, 7) is 6.74. The zero-order chi connectivity index (χ0) is 18.0. The molecular weight excluding hydrogens is 324 g/mol. The summed E-state index contributed by atoms with van der Waals surface area (Å²) in [5, 5.41) is 10.9. The molecule has 0 radical (unpaired) electrons. The van der Waals surface area contributed by atoms with Crippen LogP contribution in [0.1, 0.15) is 18.1 Å². The van der Waals surface area contributed by atoms with Crippen molar-refractivity contribution in [3.8, 4) is 23.0 Å². The molecule has 0 saturated heterocycles. The topological polar surface area (TPSA) is 82.0 Å². The fraction of sp³-hybridized carbons (Fsp3) is 0.316. The highest BCUT2D eigenvalue weighted by atomic mass is 16.5. The molecule has 0 atom stereocenters. The van der Waals surface area contributed by atoms with Gasteiger partial charge in [0.05, 0.1) is 12.2 Å². The molecule has 132 valence electrons. The van der Waals surface area contributed by atoms with E-state index in [-0.39, 0.29) is 17.1 Å². The Labute approximate surface area is 144 Å². The quantitative estimate of drug-likeness (QED) is 0.685. The van der Waals surface area contributed by atoms with Crippen LogP contribution in [0.25, 0.3) is 22.5 Å². The normalized spacial score (nSPS) is 11.2. The van der Waals surface area contributed by atoms with E-state index in [2.05, 4.69) is 0 Å². The van der Waals surface area contributed by atoms with Crippen molar-refractivity contribution in [2.24, 2.45) is 0 Å². The fourth-order valence-corrected chi connectivity index (χ4v) is 2.54. The van der Waals surface area contributed by atoms with Crippen molar-refractivity contribution in [1.29, 1.82) is 0 Å². The molecular formula is C19H20O6. The summed E-state index contributed by atoms with van der Waals surface area (Å²) in [6.07, 6.45) is 0. The standard InChI is InChI=1S/C19H20O6/c1-4-22-7-8-23-14-6-5-13-9-16(24-15(13)10-14)18-11(2)17(20)12(3)19(21)25-18/h5-6,9-10,20H,4,7-8H2,1-3H3. The maximum absolute atomic E-state index is 11.8. The minimum Gasteiger partial charge on any atom is -0.507 e. The first-order valence-electron chi connectivity index (χ1n) is 8.09. The van der Waals surface area contributed by atoms with Gasteiger partial charge in [-0.2, -0.15) is 0 Å². The molecule has 0 spiro atoms. The van der Waals surface area contributed by atoms with Crippen LogP contribution in [0.4, 0.5) is 0 Å². The molecule has 0 amide bonds. The molecule has 0 bridgehead atoms. The van der Waals surface area contributed by atoms with Crippen molar-refractivity contribution in [3.05, 3.63) is 45.8 Å². The lowest BCUT2D eigenvalue weighted by atomic mass is 10.1. The van der Waals surface area contributed by atoms with Crippen LogP contribution in [0.2, 0.25) is 0 Å². The molecule has 2 aromatic heterocycles. The average Bonchev–Trinajstić information content (AvgIpc) is 3.03. The van der Waals surface area contributed by atoms with Crippen LogP contribution in [0, 0.1) is 13.8 Å². The van der Waals surface area contributed by atoms with E-state index in [1.807, 2.05) is 19.1 Å². The molecule has 0 aliphatic carbocycles. The lowest BCUT2D eigenvalue weighted by Gasteiger charge is -2.05. The monoisotopic (exact) mass is 344 g/mol. The molecule has 0 aliphatic heterocycles. The van der Waals surface area contributed by atoms with E-state index in [0.717, 1.165) is 5.39 Å². The zero-order valence-electron chi connectivity index (χ0n) is 14.4. The summed E-state index contributed by atoms with van der Waals surface area (Å²) in [7, 11) is 0. The van der Waals surface area contributed by atoms with Gasteiger partial charge < -0.3 is 23.4 Å². The molecule has 25 heavy (non-hydrogen) atoms. The van der Waals surface area contributed by atoms with Gasteiger partial charge >= 0.3 is 5.63 Å². The van der Waals surface area contributed by atoms with Crippen molar-refractivity contribution >= 4 is 11.0 Å². The predicted octanol–water partition coefficient (Wildman–Crippen LogP) is 3.79. The minimum atomic E-state index is -0.585. The second kappa shape index (κ2) is 7.03. The van der Waals surface area contributed by atoms with Crippen LogP contribution in [-0.4, -0.2) is 24.9 Å².